The second-order valence-corrected chi connectivity index (χ2v) is 7.93. The van der Waals surface area contributed by atoms with Gasteiger partial charge in [0.25, 0.3) is 5.91 Å². The van der Waals surface area contributed by atoms with E-state index in [4.69, 9.17) is 11.6 Å². The quantitative estimate of drug-likeness (QED) is 0.379. The van der Waals surface area contributed by atoms with Crippen LogP contribution in [0.5, 0.6) is 0 Å². The first-order chi connectivity index (χ1) is 14.1. The lowest BCUT2D eigenvalue weighted by Crippen LogP contribution is -2.32. The molecule has 0 bridgehead atoms. The lowest BCUT2D eigenvalue weighted by atomic mass is 10.1. The maximum Gasteiger partial charge on any atom is 0.254 e. The summed E-state index contributed by atoms with van der Waals surface area (Å²) >= 11 is 6.00. The molecule has 3 rings (SSSR count). The van der Waals surface area contributed by atoms with Crippen molar-refractivity contribution >= 4 is 17.5 Å². The molecule has 0 aliphatic rings. The zero-order valence-corrected chi connectivity index (χ0v) is 18.0. The smallest absolute Gasteiger partial charge is 0.254 e. The van der Waals surface area contributed by atoms with Gasteiger partial charge in [0.05, 0.1) is 6.54 Å². The van der Waals surface area contributed by atoms with Gasteiger partial charge in [-0.3, -0.25) is 4.79 Å². The third-order valence-corrected chi connectivity index (χ3v) is 5.54. The molecular weight excluding hydrogens is 380 g/mol. The van der Waals surface area contributed by atoms with E-state index in [1.807, 2.05) is 17.0 Å². The van der Waals surface area contributed by atoms with Gasteiger partial charge in [0.1, 0.15) is 0 Å². The number of aryl methyl sites for hydroxylation is 1. The lowest BCUT2D eigenvalue weighted by molar-refractivity contribution is 0.0736. The maximum atomic E-state index is 13.2. The fourth-order valence-electron chi connectivity index (χ4n) is 3.49. The molecule has 0 spiro atoms. The van der Waals surface area contributed by atoms with Gasteiger partial charge in [0.15, 0.2) is 0 Å². The van der Waals surface area contributed by atoms with Crippen molar-refractivity contribution in [3.63, 3.8) is 0 Å². The Morgan fingerprint density at radius 1 is 1.00 bits per heavy atom. The van der Waals surface area contributed by atoms with Gasteiger partial charge in [-0.15, -0.1) is 0 Å². The van der Waals surface area contributed by atoms with Gasteiger partial charge in [-0.1, -0.05) is 55.6 Å². The number of halogens is 1. The molecule has 0 saturated heterocycles. The molecule has 152 valence electrons. The van der Waals surface area contributed by atoms with E-state index in [0.717, 1.165) is 38.0 Å². The number of hydrogen-bond acceptors (Lipinski definition) is 1. The predicted octanol–water partition coefficient (Wildman–Crippen LogP) is 6.33. The molecule has 0 saturated carbocycles. The molecule has 0 unspecified atom stereocenters. The van der Waals surface area contributed by atoms with Gasteiger partial charge in [0, 0.05) is 35.6 Å². The molecular formula is C25H29ClN2O. The molecule has 1 amide bonds. The van der Waals surface area contributed by atoms with Crippen LogP contribution in [0.2, 0.25) is 5.02 Å². The van der Waals surface area contributed by atoms with Gasteiger partial charge >= 0.3 is 0 Å². The first-order valence-electron chi connectivity index (χ1n) is 10.3. The molecule has 0 aliphatic heterocycles. The Balaban J connectivity index is 1.79. The zero-order valence-electron chi connectivity index (χ0n) is 17.3. The Hall–Kier alpha value is -2.52. The highest BCUT2D eigenvalue weighted by Gasteiger charge is 2.17. The van der Waals surface area contributed by atoms with E-state index >= 15 is 0 Å². The highest BCUT2D eigenvalue weighted by Crippen LogP contribution is 2.17. The minimum Gasteiger partial charge on any atom is -0.345 e. The lowest BCUT2D eigenvalue weighted by Gasteiger charge is -2.24. The van der Waals surface area contributed by atoms with Crippen LogP contribution >= 0.6 is 11.6 Å². The number of aromatic nitrogens is 1. The van der Waals surface area contributed by atoms with Crippen LogP contribution in [0.25, 0.3) is 0 Å². The van der Waals surface area contributed by atoms with Crippen molar-refractivity contribution in [2.24, 2.45) is 0 Å². The molecule has 1 aromatic heterocycles. The number of carbonyl (C=O) groups is 1. The highest BCUT2D eigenvalue weighted by atomic mass is 35.5. The summed E-state index contributed by atoms with van der Waals surface area (Å²) in [5, 5.41) is 0.645. The topological polar surface area (TPSA) is 25.2 Å². The number of carbonyl (C=O) groups excluding carboxylic acids is 1. The van der Waals surface area contributed by atoms with Crippen molar-refractivity contribution < 1.29 is 4.79 Å². The third-order valence-electron chi connectivity index (χ3n) is 5.29. The summed E-state index contributed by atoms with van der Waals surface area (Å²) in [7, 11) is 0. The molecule has 29 heavy (non-hydrogen) atoms. The summed E-state index contributed by atoms with van der Waals surface area (Å²) in [5.74, 6) is 0.0569. The van der Waals surface area contributed by atoms with E-state index in [1.54, 1.807) is 12.1 Å². The molecule has 0 fully saturated rings. The minimum atomic E-state index is 0.0569. The number of benzene rings is 2. The number of rotatable bonds is 9. The largest absolute Gasteiger partial charge is 0.345 e. The first kappa shape index (κ1) is 21.2. The molecule has 4 heteroatoms. The Bertz CT molecular complexity index is 930. The Kier molecular flexibility index (Phi) is 7.54. The molecule has 3 nitrogen and oxygen atoms in total. The number of hydrogen-bond donors (Lipinski definition) is 0. The summed E-state index contributed by atoms with van der Waals surface area (Å²) in [6.45, 7) is 6.49. The fraction of sp³-hybridized carbons (Fsp3) is 0.320. The summed E-state index contributed by atoms with van der Waals surface area (Å²) in [4.78, 5) is 15.1. The van der Waals surface area contributed by atoms with Crippen molar-refractivity contribution in [3.05, 3.63) is 94.3 Å². The summed E-state index contributed by atoms with van der Waals surface area (Å²) in [6.07, 6.45) is 5.36. The van der Waals surface area contributed by atoms with Crippen molar-refractivity contribution in [2.75, 3.05) is 6.54 Å². The van der Waals surface area contributed by atoms with E-state index in [0.29, 0.717) is 17.1 Å². The molecule has 0 radical (unpaired) electrons. The van der Waals surface area contributed by atoms with Crippen LogP contribution in [0.1, 0.15) is 53.4 Å². The van der Waals surface area contributed by atoms with Crippen molar-refractivity contribution in [1.29, 1.82) is 0 Å². The Morgan fingerprint density at radius 2 is 1.76 bits per heavy atom. The number of nitrogens with zero attached hydrogens (tertiary/aromatic N) is 2. The number of unbranched alkanes of at least 4 members (excludes halogenated alkanes) is 2. The summed E-state index contributed by atoms with van der Waals surface area (Å²) in [5.41, 5.74) is 4.41. The van der Waals surface area contributed by atoms with Gasteiger partial charge in [-0.05, 0) is 60.9 Å². The third kappa shape index (κ3) is 5.74. The van der Waals surface area contributed by atoms with E-state index in [-0.39, 0.29) is 5.91 Å². The molecule has 0 aliphatic carbocycles. The predicted molar refractivity (Wildman–Crippen MR) is 120 cm³/mol. The molecule has 0 N–H and O–H groups in total. The van der Waals surface area contributed by atoms with Gasteiger partial charge in [-0.2, -0.15) is 0 Å². The van der Waals surface area contributed by atoms with Crippen LogP contribution in [0.15, 0.2) is 66.9 Å². The van der Waals surface area contributed by atoms with Gasteiger partial charge in [0.2, 0.25) is 0 Å². The Morgan fingerprint density at radius 3 is 2.48 bits per heavy atom. The van der Waals surface area contributed by atoms with E-state index in [2.05, 4.69) is 61.0 Å². The van der Waals surface area contributed by atoms with E-state index in [1.165, 1.54) is 11.1 Å². The Labute approximate surface area is 178 Å². The zero-order chi connectivity index (χ0) is 20.6. The normalized spacial score (nSPS) is 10.9. The average Bonchev–Trinajstić information content (AvgIpc) is 3.16. The van der Waals surface area contributed by atoms with E-state index in [9.17, 15) is 4.79 Å². The maximum absolute atomic E-state index is 13.2. The molecule has 2 aromatic carbocycles. The summed E-state index contributed by atoms with van der Waals surface area (Å²) < 4.78 is 2.24. The van der Waals surface area contributed by atoms with E-state index < -0.39 is 0 Å². The monoisotopic (exact) mass is 408 g/mol. The molecule has 3 aromatic rings. The molecule has 0 atom stereocenters. The summed E-state index contributed by atoms with van der Waals surface area (Å²) in [6, 6.07) is 19.8. The second kappa shape index (κ2) is 10.3. The fourth-order valence-corrected chi connectivity index (χ4v) is 3.62. The van der Waals surface area contributed by atoms with Crippen LogP contribution < -0.4 is 0 Å². The average molecular weight is 409 g/mol. The van der Waals surface area contributed by atoms with Crippen LogP contribution in [-0.4, -0.2) is 21.9 Å². The van der Waals surface area contributed by atoms with Gasteiger partial charge < -0.3 is 9.47 Å². The van der Waals surface area contributed by atoms with Crippen molar-refractivity contribution in [1.82, 2.24) is 9.47 Å². The van der Waals surface area contributed by atoms with Crippen molar-refractivity contribution in [2.45, 2.75) is 46.2 Å². The van der Waals surface area contributed by atoms with Crippen LogP contribution in [0.4, 0.5) is 0 Å². The SMILES string of the molecule is CCCCCN(Cc1cccn1Cc1ccccc1C)C(=O)c1ccc(Cl)cc1. The van der Waals surface area contributed by atoms with Crippen LogP contribution in [0.3, 0.4) is 0 Å². The molecule has 1 heterocycles. The number of amides is 1. The standard InChI is InChI=1S/C25H29ClN2O/c1-3-4-7-16-28(25(29)21-12-14-23(26)15-13-21)19-24-11-8-17-27(24)18-22-10-6-5-9-20(22)2/h5-6,8-15,17H,3-4,7,16,18-19H2,1-2H3. The first-order valence-corrected chi connectivity index (χ1v) is 10.7. The highest BCUT2D eigenvalue weighted by molar-refractivity contribution is 6.30. The second-order valence-electron chi connectivity index (χ2n) is 7.49. The van der Waals surface area contributed by atoms with Crippen LogP contribution in [-0.2, 0) is 13.1 Å². The minimum absolute atomic E-state index is 0.0569. The van der Waals surface area contributed by atoms with Crippen molar-refractivity contribution in [3.8, 4) is 0 Å². The van der Waals surface area contributed by atoms with Crippen LogP contribution in [0, 0.1) is 6.92 Å². The van der Waals surface area contributed by atoms with Gasteiger partial charge in [-0.25, -0.2) is 0 Å².